The van der Waals surface area contributed by atoms with E-state index in [1.165, 1.54) is 28.9 Å². The molecule has 1 aliphatic carbocycles. The standard InChI is InChI=1S/C26H27ClF3N3O5S/c1-16-23(25(35)31-20-7-3-5-9-22(20)34)32-33(21-8-4-2-6-19(21)27)24(16)17-10-12-18(13-11-17)38-39(36,37)15-14-26(28,29)30/h2,4,6,8,10-13,20,22,34H,3,5,7,9,14-15H2,1H3,(H,31,35)/t20-,22+/m1/s1. The number of hydrogen-bond donors (Lipinski definition) is 2. The number of nitrogens with zero attached hydrogens (tertiary/aromatic N) is 2. The number of amides is 1. The molecule has 4 rings (SSSR count). The van der Waals surface area contributed by atoms with E-state index in [4.69, 9.17) is 15.8 Å². The summed E-state index contributed by atoms with van der Waals surface area (Å²) in [7, 11) is -4.46. The van der Waals surface area contributed by atoms with Gasteiger partial charge in [0.1, 0.15) is 5.75 Å². The third-order valence-corrected chi connectivity index (χ3v) is 7.92. The van der Waals surface area contributed by atoms with Gasteiger partial charge in [-0.1, -0.05) is 36.6 Å². The summed E-state index contributed by atoms with van der Waals surface area (Å²) in [5, 5.41) is 18.1. The van der Waals surface area contributed by atoms with Gasteiger partial charge in [-0.25, -0.2) is 4.68 Å². The number of alkyl halides is 3. The Labute approximate surface area is 228 Å². The molecule has 2 N–H and O–H groups in total. The number of carbonyl (C=O) groups is 1. The van der Waals surface area contributed by atoms with Crippen LogP contribution in [0.25, 0.3) is 16.9 Å². The molecule has 1 saturated carbocycles. The fourth-order valence-corrected chi connectivity index (χ4v) is 5.65. The molecule has 1 fully saturated rings. The van der Waals surface area contributed by atoms with Crippen molar-refractivity contribution in [2.75, 3.05) is 5.75 Å². The number of para-hydroxylation sites is 1. The number of benzene rings is 2. The average Bonchev–Trinajstić information content (AvgIpc) is 3.21. The second kappa shape index (κ2) is 11.6. The second-order valence-corrected chi connectivity index (χ2v) is 11.4. The minimum absolute atomic E-state index is 0.123. The highest BCUT2D eigenvalue weighted by Gasteiger charge is 2.31. The lowest BCUT2D eigenvalue weighted by molar-refractivity contribution is -0.130. The number of carbonyl (C=O) groups excluding carboxylic acids is 1. The Balaban J connectivity index is 1.67. The molecule has 1 aliphatic rings. The van der Waals surface area contributed by atoms with Crippen LogP contribution in [0.15, 0.2) is 48.5 Å². The molecular formula is C26H27ClF3N3O5S. The van der Waals surface area contributed by atoms with Gasteiger partial charge < -0.3 is 14.6 Å². The van der Waals surface area contributed by atoms with Crippen molar-refractivity contribution in [1.82, 2.24) is 15.1 Å². The first-order valence-electron chi connectivity index (χ1n) is 12.3. The minimum atomic E-state index is -4.63. The van der Waals surface area contributed by atoms with E-state index in [9.17, 15) is 31.5 Å². The van der Waals surface area contributed by atoms with Gasteiger partial charge in [0.2, 0.25) is 0 Å². The Bertz CT molecular complexity index is 1440. The van der Waals surface area contributed by atoms with Crippen molar-refractivity contribution in [2.24, 2.45) is 0 Å². The zero-order valence-electron chi connectivity index (χ0n) is 20.9. The lowest BCUT2D eigenvalue weighted by Gasteiger charge is -2.28. The molecule has 1 heterocycles. The van der Waals surface area contributed by atoms with E-state index < -0.39 is 46.5 Å². The van der Waals surface area contributed by atoms with Gasteiger partial charge in [0.05, 0.1) is 40.7 Å². The SMILES string of the molecule is Cc1c(C(=O)N[C@@H]2CCCC[C@@H]2O)nn(-c2ccccc2Cl)c1-c1ccc(OS(=O)(=O)CCC(F)(F)F)cc1. The molecule has 3 aromatic rings. The normalized spacial score (nSPS) is 18.1. The van der Waals surface area contributed by atoms with Crippen LogP contribution in [0.3, 0.4) is 0 Å². The lowest BCUT2D eigenvalue weighted by Crippen LogP contribution is -2.45. The van der Waals surface area contributed by atoms with Crippen LogP contribution in [-0.2, 0) is 10.1 Å². The van der Waals surface area contributed by atoms with Crippen LogP contribution in [0.2, 0.25) is 5.02 Å². The van der Waals surface area contributed by atoms with Gasteiger partial charge in [-0.3, -0.25) is 4.79 Å². The number of aliphatic hydroxyl groups excluding tert-OH is 1. The molecule has 1 amide bonds. The predicted molar refractivity (Wildman–Crippen MR) is 140 cm³/mol. The first-order chi connectivity index (χ1) is 18.3. The van der Waals surface area contributed by atoms with Crippen molar-refractivity contribution in [3.05, 3.63) is 64.8 Å². The Morgan fingerprint density at radius 3 is 2.46 bits per heavy atom. The fraction of sp³-hybridized carbons (Fsp3) is 0.385. The third kappa shape index (κ3) is 7.11. The summed E-state index contributed by atoms with van der Waals surface area (Å²) in [6.45, 7) is 1.70. The zero-order chi connectivity index (χ0) is 28.4. The molecule has 210 valence electrons. The van der Waals surface area contributed by atoms with Crippen LogP contribution in [0, 0.1) is 6.92 Å². The van der Waals surface area contributed by atoms with E-state index in [1.807, 2.05) is 0 Å². The molecular weight excluding hydrogens is 559 g/mol. The van der Waals surface area contributed by atoms with Crippen molar-refractivity contribution in [3.63, 3.8) is 0 Å². The highest BCUT2D eigenvalue weighted by molar-refractivity contribution is 7.87. The van der Waals surface area contributed by atoms with Gasteiger partial charge in [-0.05, 0) is 56.2 Å². The topological polar surface area (TPSA) is 111 Å². The highest BCUT2D eigenvalue weighted by atomic mass is 35.5. The summed E-state index contributed by atoms with van der Waals surface area (Å²) in [5.74, 6) is -1.82. The molecule has 2 atom stereocenters. The first-order valence-corrected chi connectivity index (χ1v) is 14.2. The van der Waals surface area contributed by atoms with Gasteiger partial charge in [0, 0.05) is 11.1 Å². The van der Waals surface area contributed by atoms with Crippen molar-refractivity contribution in [3.8, 4) is 22.7 Å². The van der Waals surface area contributed by atoms with Gasteiger partial charge in [-0.15, -0.1) is 0 Å². The Morgan fingerprint density at radius 1 is 1.15 bits per heavy atom. The van der Waals surface area contributed by atoms with E-state index in [1.54, 1.807) is 31.2 Å². The maximum Gasteiger partial charge on any atom is 0.390 e. The third-order valence-electron chi connectivity index (χ3n) is 6.45. The van der Waals surface area contributed by atoms with Crippen molar-refractivity contribution < 1.29 is 35.7 Å². The maximum absolute atomic E-state index is 13.2. The molecule has 13 heteroatoms. The van der Waals surface area contributed by atoms with Crippen LogP contribution in [-0.4, -0.2) is 53.3 Å². The molecule has 0 bridgehead atoms. The zero-order valence-corrected chi connectivity index (χ0v) is 22.5. The number of aromatic nitrogens is 2. The summed E-state index contributed by atoms with van der Waals surface area (Å²) >= 11 is 6.43. The molecule has 2 aromatic carbocycles. The average molecular weight is 586 g/mol. The van der Waals surface area contributed by atoms with Gasteiger partial charge in [0.25, 0.3) is 5.91 Å². The van der Waals surface area contributed by atoms with Crippen molar-refractivity contribution >= 4 is 27.6 Å². The summed E-state index contributed by atoms with van der Waals surface area (Å²) in [4.78, 5) is 13.2. The monoisotopic (exact) mass is 585 g/mol. The Morgan fingerprint density at radius 2 is 1.82 bits per heavy atom. The molecule has 39 heavy (non-hydrogen) atoms. The number of rotatable bonds is 8. The number of hydrogen-bond acceptors (Lipinski definition) is 6. The van der Waals surface area contributed by atoms with E-state index in [-0.39, 0.29) is 11.4 Å². The van der Waals surface area contributed by atoms with E-state index in [0.29, 0.717) is 40.4 Å². The number of halogens is 4. The Kier molecular flexibility index (Phi) is 8.57. The maximum atomic E-state index is 13.2. The van der Waals surface area contributed by atoms with Gasteiger partial charge in [0.15, 0.2) is 5.69 Å². The summed E-state index contributed by atoms with van der Waals surface area (Å²) in [6.07, 6.45) is -3.77. The number of nitrogens with one attached hydrogen (secondary N) is 1. The van der Waals surface area contributed by atoms with Gasteiger partial charge >= 0.3 is 16.3 Å². The molecule has 0 spiro atoms. The summed E-state index contributed by atoms with van der Waals surface area (Å²) in [5.41, 5.74) is 2.13. The highest BCUT2D eigenvalue weighted by Crippen LogP contribution is 2.33. The largest absolute Gasteiger partial charge is 0.391 e. The van der Waals surface area contributed by atoms with Crippen molar-refractivity contribution in [2.45, 2.75) is 57.3 Å². The van der Waals surface area contributed by atoms with Crippen LogP contribution >= 0.6 is 11.6 Å². The molecule has 1 aromatic heterocycles. The second-order valence-electron chi connectivity index (χ2n) is 9.35. The molecule has 8 nitrogen and oxygen atoms in total. The van der Waals surface area contributed by atoms with E-state index >= 15 is 0 Å². The first kappa shape index (κ1) is 28.9. The smallest absolute Gasteiger partial charge is 0.390 e. The van der Waals surface area contributed by atoms with Crippen LogP contribution in [0.5, 0.6) is 5.75 Å². The predicted octanol–water partition coefficient (Wildman–Crippen LogP) is 5.20. The fourth-order valence-electron chi connectivity index (χ4n) is 4.46. The lowest BCUT2D eigenvalue weighted by atomic mass is 9.92. The molecule has 0 aliphatic heterocycles. The van der Waals surface area contributed by atoms with Crippen LogP contribution < -0.4 is 9.50 Å². The quantitative estimate of drug-likeness (QED) is 0.352. The summed E-state index contributed by atoms with van der Waals surface area (Å²) < 4.78 is 67.6. The van der Waals surface area contributed by atoms with Crippen molar-refractivity contribution in [1.29, 1.82) is 0 Å². The van der Waals surface area contributed by atoms with E-state index in [0.717, 1.165) is 12.8 Å². The molecule has 0 radical (unpaired) electrons. The molecule has 0 saturated heterocycles. The Hall–Kier alpha value is -3.09. The van der Waals surface area contributed by atoms with E-state index in [2.05, 4.69) is 10.4 Å². The van der Waals surface area contributed by atoms with Crippen LogP contribution in [0.1, 0.15) is 48.2 Å². The summed E-state index contributed by atoms with van der Waals surface area (Å²) in [6, 6.07) is 12.1. The molecule has 0 unspecified atom stereocenters. The minimum Gasteiger partial charge on any atom is -0.391 e. The number of aliphatic hydroxyl groups is 1. The van der Waals surface area contributed by atoms with Gasteiger partial charge in [-0.2, -0.15) is 26.7 Å². The van der Waals surface area contributed by atoms with Crippen LogP contribution in [0.4, 0.5) is 13.2 Å².